The van der Waals surface area contributed by atoms with Crippen molar-refractivity contribution in [1.29, 1.82) is 0 Å². The van der Waals surface area contributed by atoms with Crippen LogP contribution in [0.25, 0.3) is 10.9 Å². The molecule has 0 spiro atoms. The molecule has 0 aliphatic heterocycles. The molecule has 0 radical (unpaired) electrons. The number of amides is 8. The minimum atomic E-state index is -1.60. The Morgan fingerprint density at radius 1 is 0.640 bits per heavy atom. The van der Waals surface area contributed by atoms with Gasteiger partial charge in [0.2, 0.25) is 47.3 Å². The molecule has 4 rings (SSSR count). The highest BCUT2D eigenvalue weighted by atomic mass is 16.4. The Kier molecular flexibility index (Phi) is 24.7. The number of rotatable bonds is 34. The molecule has 0 bridgehead atoms. The molecule has 0 unspecified atom stereocenters. The number of guanidine groups is 1. The molecule has 18 N–H and O–H groups in total. The number of fused-ring (bicyclic) bond motifs is 1. The summed E-state index contributed by atoms with van der Waals surface area (Å²) < 4.78 is 0. The van der Waals surface area contributed by atoms with Crippen molar-refractivity contribution in [1.82, 2.24) is 52.2 Å². The number of H-pyrrole nitrogens is 2. The largest absolute Gasteiger partial charge is 0.481 e. The number of carboxylic acid groups (broad SMARTS) is 1. The number of carbonyl (C=O) groups is 9. The van der Waals surface area contributed by atoms with Gasteiger partial charge in [0, 0.05) is 74.7 Å². The van der Waals surface area contributed by atoms with Crippen LogP contribution in [-0.4, -0.2) is 135 Å². The number of unbranched alkanes of at least 4 members (excludes halogenated alkanes) is 3. The lowest BCUT2D eigenvalue weighted by Gasteiger charge is -2.27. The van der Waals surface area contributed by atoms with E-state index in [2.05, 4.69) is 57.2 Å². The summed E-state index contributed by atoms with van der Waals surface area (Å²) >= 11 is 0. The molecule has 2 heterocycles. The third kappa shape index (κ3) is 21.3. The average Bonchev–Trinajstić information content (AvgIpc) is 4.04. The third-order valence-electron chi connectivity index (χ3n) is 11.9. The number of nitrogens with two attached hydrogens (primary N) is 4. The van der Waals surface area contributed by atoms with Crippen molar-refractivity contribution in [3.63, 3.8) is 0 Å². The van der Waals surface area contributed by atoms with Crippen LogP contribution in [0, 0.1) is 0 Å². The fraction of sp³-hybridized carbons (Fsp3) is 0.460. The van der Waals surface area contributed by atoms with Gasteiger partial charge >= 0.3 is 5.97 Å². The van der Waals surface area contributed by atoms with Crippen molar-refractivity contribution in [3.8, 4) is 0 Å². The predicted octanol–water partition coefficient (Wildman–Crippen LogP) is -1.33. The fourth-order valence-corrected chi connectivity index (χ4v) is 8.03. The third-order valence-corrected chi connectivity index (χ3v) is 11.9. The van der Waals surface area contributed by atoms with E-state index < -0.39 is 90.0 Å². The molecule has 25 heteroatoms. The van der Waals surface area contributed by atoms with Gasteiger partial charge in [0.05, 0.1) is 12.7 Å². The Morgan fingerprint density at radius 2 is 1.24 bits per heavy atom. The van der Waals surface area contributed by atoms with Crippen molar-refractivity contribution in [3.05, 3.63) is 90.1 Å². The normalized spacial score (nSPS) is 13.4. The molecule has 0 saturated carbocycles. The number of primary amides is 1. The second kappa shape index (κ2) is 31.3. The molecule has 4 aromatic rings. The van der Waals surface area contributed by atoms with Gasteiger partial charge in [0.25, 0.3) is 0 Å². The molecule has 406 valence electrons. The Morgan fingerprint density at radius 3 is 1.87 bits per heavy atom. The van der Waals surface area contributed by atoms with Crippen LogP contribution in [0.2, 0.25) is 0 Å². The van der Waals surface area contributed by atoms with Crippen LogP contribution >= 0.6 is 0 Å². The van der Waals surface area contributed by atoms with E-state index in [-0.39, 0.29) is 63.4 Å². The first-order valence-electron chi connectivity index (χ1n) is 24.8. The summed E-state index contributed by atoms with van der Waals surface area (Å²) in [7, 11) is 0. The van der Waals surface area contributed by atoms with Gasteiger partial charge in [-0.1, -0.05) is 55.0 Å². The van der Waals surface area contributed by atoms with Gasteiger partial charge in [-0.05, 0) is 68.7 Å². The summed E-state index contributed by atoms with van der Waals surface area (Å²) in [5.41, 5.74) is 24.9. The highest BCUT2D eigenvalue weighted by molar-refractivity contribution is 5.98. The number of aliphatic carboxylic acids is 1. The number of carbonyl (C=O) groups excluding carboxylic acids is 8. The van der Waals surface area contributed by atoms with E-state index >= 15 is 0 Å². The maximum absolute atomic E-state index is 14.6. The zero-order valence-electron chi connectivity index (χ0n) is 42.0. The van der Waals surface area contributed by atoms with Crippen LogP contribution in [0.5, 0.6) is 0 Å². The van der Waals surface area contributed by atoms with Crippen LogP contribution in [0.1, 0.15) is 88.0 Å². The smallest absolute Gasteiger partial charge is 0.305 e. The second-order valence-corrected chi connectivity index (χ2v) is 18.0. The molecule has 0 aliphatic rings. The van der Waals surface area contributed by atoms with E-state index in [1.165, 1.54) is 19.4 Å². The van der Waals surface area contributed by atoms with Crippen molar-refractivity contribution in [2.45, 2.75) is 127 Å². The van der Waals surface area contributed by atoms with Crippen LogP contribution in [0.3, 0.4) is 0 Å². The molecule has 0 aliphatic carbocycles. The number of benzene rings is 2. The first kappa shape index (κ1) is 59.2. The number of carboxylic acids is 1. The number of nitrogens with one attached hydrogen (secondary N) is 9. The maximum atomic E-state index is 14.6. The van der Waals surface area contributed by atoms with E-state index in [9.17, 15) is 48.3 Å². The van der Waals surface area contributed by atoms with Gasteiger partial charge in [-0.3, -0.25) is 48.1 Å². The lowest BCUT2D eigenvalue weighted by atomic mass is 10.0. The molecule has 6 atom stereocenters. The fourth-order valence-electron chi connectivity index (χ4n) is 8.03. The van der Waals surface area contributed by atoms with E-state index in [1.54, 1.807) is 36.5 Å². The number of aliphatic imine (C=N–C) groups is 1. The topological polar surface area (TPSA) is 419 Å². The number of aromatic nitrogens is 3. The number of hydrogen-bond donors (Lipinski definition) is 14. The first-order valence-corrected chi connectivity index (χ1v) is 24.8. The Labute approximate surface area is 433 Å². The number of hydrogen-bond acceptors (Lipinski definition) is 12. The highest BCUT2D eigenvalue weighted by Crippen LogP contribution is 2.20. The molecule has 8 amide bonds. The molecule has 2 aromatic carbocycles. The summed E-state index contributed by atoms with van der Waals surface area (Å²) in [5.74, 6) is -7.48. The molecule has 0 fully saturated rings. The highest BCUT2D eigenvalue weighted by Gasteiger charge is 2.34. The Balaban J connectivity index is 1.63. The lowest BCUT2D eigenvalue weighted by Crippen LogP contribution is -2.60. The van der Waals surface area contributed by atoms with Crippen molar-refractivity contribution in [2.24, 2.45) is 27.9 Å². The summed E-state index contributed by atoms with van der Waals surface area (Å²) in [6.45, 7) is 2.20. The Bertz CT molecular complexity index is 2550. The predicted molar refractivity (Wildman–Crippen MR) is 277 cm³/mol. The average molecular weight is 1040 g/mol. The van der Waals surface area contributed by atoms with Gasteiger partial charge in [0.1, 0.15) is 36.3 Å². The van der Waals surface area contributed by atoms with Gasteiger partial charge in [0.15, 0.2) is 5.96 Å². The standard InChI is InChI=1S/C50H71N15O10/c1-30(66)56-21-11-3-6-19-42(67)60-41(26-43(68)69)49(75)65-40(25-33-28-55-29-59-33)48(74)63-38(23-31-13-4-2-5-14-31)46(72)62-37(18-12-22-57-50(53)54)45(71)64-39(24-32-27-58-35-16-8-7-15-34(32)35)47(73)61-36(44(52)70)17-9-10-20-51/h2,4-5,7-8,13-16,27-29,36-41,58H,3,6,9-12,17-26,51H2,1H3,(H2,52,70)(H,55,59)(H,56,66)(H,60,67)(H,61,73)(H,62,72)(H,63,74)(H,64,71)(H,65,75)(H,68,69)(H4,53,54,57)/t36-,37-,38+,39-,40-,41-/m0/s1. The number of para-hydroxylation sites is 1. The number of aromatic amines is 2. The van der Waals surface area contributed by atoms with Crippen LogP contribution in [0.15, 0.2) is 78.3 Å². The molecule has 2 aromatic heterocycles. The van der Waals surface area contributed by atoms with Gasteiger partial charge in [-0.25, -0.2) is 4.98 Å². The van der Waals surface area contributed by atoms with Crippen molar-refractivity contribution >= 4 is 70.1 Å². The summed E-state index contributed by atoms with van der Waals surface area (Å²) in [5, 5.41) is 29.0. The minimum Gasteiger partial charge on any atom is -0.481 e. The van der Waals surface area contributed by atoms with E-state index in [0.717, 1.165) is 10.9 Å². The molecule has 75 heavy (non-hydrogen) atoms. The second-order valence-electron chi connectivity index (χ2n) is 18.0. The van der Waals surface area contributed by atoms with Gasteiger partial charge < -0.3 is 75.2 Å². The molecule has 25 nitrogen and oxygen atoms in total. The first-order chi connectivity index (χ1) is 35.9. The van der Waals surface area contributed by atoms with E-state index in [1.807, 2.05) is 24.3 Å². The monoisotopic (exact) mass is 1040 g/mol. The van der Waals surface area contributed by atoms with Crippen LogP contribution in [-0.2, 0) is 62.4 Å². The lowest BCUT2D eigenvalue weighted by molar-refractivity contribution is -0.141. The van der Waals surface area contributed by atoms with Crippen LogP contribution in [0.4, 0.5) is 0 Å². The molecular formula is C50H71N15O10. The summed E-state index contributed by atoms with van der Waals surface area (Å²) in [4.78, 5) is 134. The zero-order valence-corrected chi connectivity index (χ0v) is 42.0. The maximum Gasteiger partial charge on any atom is 0.305 e. The molecule has 0 saturated heterocycles. The molecular weight excluding hydrogens is 971 g/mol. The van der Waals surface area contributed by atoms with E-state index in [4.69, 9.17) is 22.9 Å². The van der Waals surface area contributed by atoms with Crippen molar-refractivity contribution < 1.29 is 48.3 Å². The SMILES string of the molecule is CC(=O)NCCCCCC(=O)N[C@@H](CC(=O)O)C(=O)N[C@@H](Cc1cnc[nH]1)C(=O)N[C@H](Cc1ccccc1)C(=O)N[C@@H](CCCN=C(N)N)C(=O)N[C@@H](Cc1c[nH]c2ccccc12)C(=O)N[C@@H](CCCCN)C(N)=O. The van der Waals surface area contributed by atoms with Crippen LogP contribution < -0.4 is 60.2 Å². The number of nitrogens with zero attached hydrogens (tertiary/aromatic N) is 2. The van der Waals surface area contributed by atoms with Crippen molar-refractivity contribution in [2.75, 3.05) is 19.6 Å². The van der Waals surface area contributed by atoms with Gasteiger partial charge in [-0.2, -0.15) is 0 Å². The zero-order chi connectivity index (χ0) is 54.7. The van der Waals surface area contributed by atoms with Gasteiger partial charge in [-0.15, -0.1) is 0 Å². The quantitative estimate of drug-likeness (QED) is 0.0147. The summed E-state index contributed by atoms with van der Waals surface area (Å²) in [6, 6.07) is 7.64. The number of imidazole rings is 1. The summed E-state index contributed by atoms with van der Waals surface area (Å²) in [6.07, 6.45) is 6.03. The van der Waals surface area contributed by atoms with E-state index in [0.29, 0.717) is 62.0 Å². The minimum absolute atomic E-state index is 0.0472. The Hall–Kier alpha value is -8.35.